The second-order valence-corrected chi connectivity index (χ2v) is 8.11. The van der Waals surface area contributed by atoms with E-state index >= 15 is 0 Å². The maximum absolute atomic E-state index is 5.56. The summed E-state index contributed by atoms with van der Waals surface area (Å²) in [6, 6.07) is 15.3. The molecule has 182 valence electrons. The molecule has 0 amide bonds. The molecule has 7 nitrogen and oxygen atoms in total. The van der Waals surface area contributed by atoms with E-state index in [9.17, 15) is 0 Å². The summed E-state index contributed by atoms with van der Waals surface area (Å²) in [7, 11) is 6.72. The molecule has 2 unspecified atom stereocenters. The van der Waals surface area contributed by atoms with Crippen molar-refractivity contribution in [2.45, 2.75) is 44.9 Å². The first-order valence-electron chi connectivity index (χ1n) is 11.1. The van der Waals surface area contributed by atoms with Gasteiger partial charge in [0.1, 0.15) is 17.2 Å². The van der Waals surface area contributed by atoms with Crippen LogP contribution in [0, 0.1) is 0 Å². The van der Waals surface area contributed by atoms with Gasteiger partial charge in [-0.1, -0.05) is 30.3 Å². The van der Waals surface area contributed by atoms with E-state index in [2.05, 4.69) is 57.8 Å². The molecule has 0 bridgehead atoms. The summed E-state index contributed by atoms with van der Waals surface area (Å²) in [6.07, 6.45) is 2.15. The van der Waals surface area contributed by atoms with Gasteiger partial charge in [-0.2, -0.15) is 0 Å². The Balaban J connectivity index is 0.00000385. The molecule has 2 N–H and O–H groups in total. The van der Waals surface area contributed by atoms with Crippen LogP contribution in [0.25, 0.3) is 0 Å². The molecule has 8 heteroatoms. The standard InChI is InChI=1S/C25H36N4O3.HI/c1-18-13-20(11-12-29(18)17-19-9-7-6-8-10-19)28-25(26-2)27-16-22-23(31-4)14-21(30-3)15-24(22)32-5;/h6-10,14-15,18,20H,11-13,16-17H2,1-5H3,(H2,26,27,28);1H. The Bertz CT molecular complexity index is 869. The summed E-state index contributed by atoms with van der Waals surface area (Å²) in [5.41, 5.74) is 2.29. The lowest BCUT2D eigenvalue weighted by atomic mass is 9.97. The Labute approximate surface area is 214 Å². The third-order valence-corrected chi connectivity index (χ3v) is 6.06. The highest BCUT2D eigenvalue weighted by molar-refractivity contribution is 14.0. The zero-order chi connectivity index (χ0) is 22.9. The fourth-order valence-electron chi connectivity index (χ4n) is 4.22. The molecule has 1 fully saturated rings. The zero-order valence-electron chi connectivity index (χ0n) is 20.3. The van der Waals surface area contributed by atoms with Crippen LogP contribution in [0.1, 0.15) is 30.9 Å². The normalized spacial score (nSPS) is 18.8. The fourth-order valence-corrected chi connectivity index (χ4v) is 4.22. The number of halogens is 1. The molecule has 1 aliphatic rings. The second-order valence-electron chi connectivity index (χ2n) is 8.11. The quantitative estimate of drug-likeness (QED) is 0.285. The molecule has 2 aromatic carbocycles. The lowest BCUT2D eigenvalue weighted by Gasteiger charge is -2.38. The minimum atomic E-state index is 0. The summed E-state index contributed by atoms with van der Waals surface area (Å²) in [5, 5.41) is 7.00. The van der Waals surface area contributed by atoms with Crippen LogP contribution in [-0.2, 0) is 13.1 Å². The Hall–Kier alpha value is -2.20. The van der Waals surface area contributed by atoms with Gasteiger partial charge in [0.05, 0.1) is 33.4 Å². The van der Waals surface area contributed by atoms with Crippen molar-refractivity contribution in [2.75, 3.05) is 34.9 Å². The van der Waals surface area contributed by atoms with Crippen LogP contribution in [0.15, 0.2) is 47.5 Å². The number of piperidine rings is 1. The molecule has 2 atom stereocenters. The van der Waals surface area contributed by atoms with E-state index in [1.165, 1.54) is 5.56 Å². The number of rotatable bonds is 8. The number of guanidine groups is 1. The molecule has 0 spiro atoms. The van der Waals surface area contributed by atoms with Crippen molar-refractivity contribution in [1.82, 2.24) is 15.5 Å². The Morgan fingerprint density at radius 1 is 1.06 bits per heavy atom. The van der Waals surface area contributed by atoms with Gasteiger partial charge < -0.3 is 24.8 Å². The first-order valence-corrected chi connectivity index (χ1v) is 11.1. The molecule has 0 radical (unpaired) electrons. The molecule has 3 rings (SSSR count). The van der Waals surface area contributed by atoms with E-state index in [0.717, 1.165) is 37.5 Å². The second kappa shape index (κ2) is 13.5. The van der Waals surface area contributed by atoms with E-state index in [0.29, 0.717) is 35.9 Å². The van der Waals surface area contributed by atoms with Crippen molar-refractivity contribution < 1.29 is 14.2 Å². The van der Waals surface area contributed by atoms with Gasteiger partial charge in [-0.15, -0.1) is 24.0 Å². The number of aliphatic imine (C=N–C) groups is 1. The van der Waals surface area contributed by atoms with E-state index in [4.69, 9.17) is 14.2 Å². The van der Waals surface area contributed by atoms with Crippen LogP contribution in [0.2, 0.25) is 0 Å². The summed E-state index contributed by atoms with van der Waals surface area (Å²) in [4.78, 5) is 6.98. The number of benzene rings is 2. The topological polar surface area (TPSA) is 67.4 Å². The van der Waals surface area contributed by atoms with Crippen LogP contribution < -0.4 is 24.8 Å². The third-order valence-electron chi connectivity index (χ3n) is 6.06. The van der Waals surface area contributed by atoms with Gasteiger partial charge in [0, 0.05) is 44.4 Å². The number of hydrogen-bond acceptors (Lipinski definition) is 5. The predicted octanol–water partition coefficient (Wildman–Crippen LogP) is 4.05. The molecule has 0 aliphatic carbocycles. The van der Waals surface area contributed by atoms with Crippen LogP contribution in [0.5, 0.6) is 17.2 Å². The highest BCUT2D eigenvalue weighted by atomic mass is 127. The molecular formula is C25H37IN4O3. The summed E-state index contributed by atoms with van der Waals surface area (Å²) >= 11 is 0. The van der Waals surface area contributed by atoms with Gasteiger partial charge >= 0.3 is 0 Å². The molecule has 2 aromatic rings. The highest BCUT2D eigenvalue weighted by Crippen LogP contribution is 2.33. The molecular weight excluding hydrogens is 531 g/mol. The fraction of sp³-hybridized carbons (Fsp3) is 0.480. The van der Waals surface area contributed by atoms with Gasteiger partial charge in [-0.25, -0.2) is 0 Å². The van der Waals surface area contributed by atoms with Gasteiger partial charge in [0.2, 0.25) is 0 Å². The Morgan fingerprint density at radius 2 is 1.73 bits per heavy atom. The maximum Gasteiger partial charge on any atom is 0.191 e. The van der Waals surface area contributed by atoms with Crippen LogP contribution in [-0.4, -0.2) is 57.9 Å². The monoisotopic (exact) mass is 568 g/mol. The Morgan fingerprint density at radius 3 is 2.27 bits per heavy atom. The lowest BCUT2D eigenvalue weighted by molar-refractivity contribution is 0.134. The molecule has 1 aliphatic heterocycles. The molecule has 1 saturated heterocycles. The van der Waals surface area contributed by atoms with Crippen molar-refractivity contribution in [3.8, 4) is 17.2 Å². The minimum Gasteiger partial charge on any atom is -0.496 e. The van der Waals surface area contributed by atoms with Crippen molar-refractivity contribution in [3.63, 3.8) is 0 Å². The van der Waals surface area contributed by atoms with Crippen molar-refractivity contribution >= 4 is 29.9 Å². The number of methoxy groups -OCH3 is 3. The first kappa shape index (κ1) is 27.0. The number of hydrogen-bond donors (Lipinski definition) is 2. The number of nitrogens with zero attached hydrogens (tertiary/aromatic N) is 2. The van der Waals surface area contributed by atoms with Crippen molar-refractivity contribution in [1.29, 1.82) is 0 Å². The summed E-state index contributed by atoms with van der Waals surface area (Å²) in [6.45, 7) is 4.89. The van der Waals surface area contributed by atoms with Crippen molar-refractivity contribution in [3.05, 3.63) is 53.6 Å². The Kier molecular flexibility index (Phi) is 11.1. The lowest BCUT2D eigenvalue weighted by Crippen LogP contribution is -2.51. The number of likely N-dealkylation sites (tertiary alicyclic amines) is 1. The van der Waals surface area contributed by atoms with Gasteiger partial charge in [0.15, 0.2) is 5.96 Å². The minimum absolute atomic E-state index is 0. The van der Waals surface area contributed by atoms with E-state index in [1.807, 2.05) is 12.1 Å². The van der Waals surface area contributed by atoms with Crippen LogP contribution in [0.3, 0.4) is 0 Å². The summed E-state index contributed by atoms with van der Waals surface area (Å²) in [5.74, 6) is 2.90. The van der Waals surface area contributed by atoms with Gasteiger partial charge in [-0.3, -0.25) is 9.89 Å². The first-order chi connectivity index (χ1) is 15.6. The van der Waals surface area contributed by atoms with Crippen LogP contribution in [0.4, 0.5) is 0 Å². The number of nitrogens with one attached hydrogen (secondary N) is 2. The SMILES string of the molecule is CN=C(NCc1c(OC)cc(OC)cc1OC)NC1CCN(Cc2ccccc2)C(C)C1.I. The molecule has 1 heterocycles. The average Bonchev–Trinajstić information content (AvgIpc) is 2.83. The van der Waals surface area contributed by atoms with Gasteiger partial charge in [-0.05, 0) is 25.3 Å². The maximum atomic E-state index is 5.56. The molecule has 0 saturated carbocycles. The molecule has 33 heavy (non-hydrogen) atoms. The van der Waals surface area contributed by atoms with E-state index in [1.54, 1.807) is 28.4 Å². The zero-order valence-corrected chi connectivity index (χ0v) is 22.6. The van der Waals surface area contributed by atoms with Crippen LogP contribution >= 0.6 is 24.0 Å². The van der Waals surface area contributed by atoms with Crippen molar-refractivity contribution in [2.24, 2.45) is 4.99 Å². The van der Waals surface area contributed by atoms with Gasteiger partial charge in [0.25, 0.3) is 0 Å². The van der Waals surface area contributed by atoms with E-state index < -0.39 is 0 Å². The van der Waals surface area contributed by atoms with E-state index in [-0.39, 0.29) is 24.0 Å². The summed E-state index contributed by atoms with van der Waals surface area (Å²) < 4.78 is 16.4. The largest absolute Gasteiger partial charge is 0.496 e. The average molecular weight is 569 g/mol. The predicted molar refractivity (Wildman–Crippen MR) is 144 cm³/mol. The third kappa shape index (κ3) is 7.40. The number of ether oxygens (including phenoxy) is 3. The highest BCUT2D eigenvalue weighted by Gasteiger charge is 2.26. The molecule has 0 aromatic heterocycles. The smallest absolute Gasteiger partial charge is 0.191 e.